The van der Waals surface area contributed by atoms with Gasteiger partial charge in [-0.3, -0.25) is 0 Å². The van der Waals surface area contributed by atoms with Crippen LogP contribution in [0, 0.1) is 11.8 Å². The molecule has 2 unspecified atom stereocenters. The minimum absolute atomic E-state index is 0.00754. The maximum atomic E-state index is 13.2. The second kappa shape index (κ2) is 21.8. The largest absolute Gasteiger partial charge is 0.435 e. The Morgan fingerprint density at radius 2 is 0.825 bits per heavy atom. The van der Waals surface area contributed by atoms with Crippen molar-refractivity contribution in [2.45, 2.75) is 160 Å². The molecule has 2 atom stereocenters. The third-order valence-corrected chi connectivity index (χ3v) is 13.2. The highest BCUT2D eigenvalue weighted by Gasteiger charge is 2.28. The Kier molecular flexibility index (Phi) is 16.4. The Morgan fingerprint density at radius 3 is 1.25 bits per heavy atom. The minimum atomic E-state index is -2.89. The van der Waals surface area contributed by atoms with Crippen LogP contribution in [-0.2, 0) is 12.8 Å². The third-order valence-electron chi connectivity index (χ3n) is 13.2. The van der Waals surface area contributed by atoms with Gasteiger partial charge in [-0.05, 0) is 157 Å². The summed E-state index contributed by atoms with van der Waals surface area (Å²) in [7, 11) is 0. The van der Waals surface area contributed by atoms with Crippen LogP contribution in [0.25, 0.3) is 0 Å². The Hall–Kier alpha value is -3.80. The molecular formula is C51H64F4O2. The van der Waals surface area contributed by atoms with Crippen molar-refractivity contribution >= 4 is 0 Å². The maximum absolute atomic E-state index is 13.2. The molecule has 0 aliphatic heterocycles. The fourth-order valence-electron chi connectivity index (χ4n) is 9.88. The van der Waals surface area contributed by atoms with Crippen molar-refractivity contribution in [1.82, 2.24) is 0 Å². The fourth-order valence-corrected chi connectivity index (χ4v) is 9.88. The first-order chi connectivity index (χ1) is 27.8. The molecule has 0 saturated heterocycles. The van der Waals surface area contributed by atoms with Gasteiger partial charge in [0, 0.05) is 0 Å². The number of unbranched alkanes of at least 4 members (excludes halogenated alkanes) is 3. The summed E-state index contributed by atoms with van der Waals surface area (Å²) in [6, 6.07) is 32.6. The maximum Gasteiger partial charge on any atom is 0.387 e. The van der Waals surface area contributed by atoms with Gasteiger partial charge in [-0.2, -0.15) is 17.6 Å². The lowest BCUT2D eigenvalue weighted by atomic mass is 9.73. The zero-order chi connectivity index (χ0) is 40.0. The Labute approximate surface area is 339 Å². The monoisotopic (exact) mass is 784 g/mol. The minimum Gasteiger partial charge on any atom is -0.435 e. The topological polar surface area (TPSA) is 18.5 Å². The normalized spacial score (nSPS) is 21.1. The van der Waals surface area contributed by atoms with E-state index < -0.39 is 13.2 Å². The van der Waals surface area contributed by atoms with Crippen molar-refractivity contribution in [3.8, 4) is 11.5 Å². The number of hydrogen-bond donors (Lipinski definition) is 0. The van der Waals surface area contributed by atoms with Crippen molar-refractivity contribution in [2.24, 2.45) is 11.8 Å². The zero-order valence-corrected chi connectivity index (χ0v) is 34.2. The molecule has 0 aromatic heterocycles. The van der Waals surface area contributed by atoms with Crippen molar-refractivity contribution in [1.29, 1.82) is 0 Å². The quantitative estimate of drug-likeness (QED) is 0.0656. The summed E-state index contributed by atoms with van der Waals surface area (Å²) in [5.41, 5.74) is 7.31. The van der Waals surface area contributed by atoms with Crippen LogP contribution in [0.4, 0.5) is 17.6 Å². The van der Waals surface area contributed by atoms with Crippen molar-refractivity contribution in [3.63, 3.8) is 0 Å². The number of benzene rings is 4. The molecule has 4 aromatic carbocycles. The molecule has 6 heteroatoms. The highest BCUT2D eigenvalue weighted by Crippen LogP contribution is 2.43. The number of hydrogen-bond acceptors (Lipinski definition) is 2. The first-order valence-electron chi connectivity index (χ1n) is 22.0. The number of ether oxygens (including phenoxy) is 2. The second-order valence-electron chi connectivity index (χ2n) is 17.1. The molecule has 57 heavy (non-hydrogen) atoms. The molecule has 2 fully saturated rings. The van der Waals surface area contributed by atoms with E-state index in [-0.39, 0.29) is 23.3 Å². The average molecular weight is 785 g/mol. The number of alkyl halides is 4. The summed E-state index contributed by atoms with van der Waals surface area (Å²) < 4.78 is 61.8. The molecule has 0 spiro atoms. The summed E-state index contributed by atoms with van der Waals surface area (Å²) in [6.07, 6.45) is 20.9. The molecule has 0 radical (unpaired) electrons. The van der Waals surface area contributed by atoms with Crippen LogP contribution in [0.2, 0.25) is 0 Å². The standard InChI is InChI=1S/C51H64F4O2/c1-3-5-7-9-37-12-20-40(21-13-37)42-22-14-38(15-23-42)34-49(45-28-32-47(33-29-45)57-51(54)55)48(35-39-16-30-46(31-17-39)56-50(52)53)44-26-24-43(25-27-44)41-18-10-36(11-19-41)8-6-4-2/h14-17,22-33,36-37,40-41,48-51H,3-13,18-21,34-35H2,1-2H3. The summed E-state index contributed by atoms with van der Waals surface area (Å²) in [5, 5.41) is 0. The van der Waals surface area contributed by atoms with E-state index in [2.05, 4.69) is 67.1 Å². The highest BCUT2D eigenvalue weighted by atomic mass is 19.3. The van der Waals surface area contributed by atoms with Gasteiger partial charge in [0.05, 0.1) is 0 Å². The number of rotatable bonds is 20. The van der Waals surface area contributed by atoms with Gasteiger partial charge in [-0.25, -0.2) is 0 Å². The van der Waals surface area contributed by atoms with Gasteiger partial charge < -0.3 is 9.47 Å². The highest BCUT2D eigenvalue weighted by molar-refractivity contribution is 5.39. The smallest absolute Gasteiger partial charge is 0.387 e. The van der Waals surface area contributed by atoms with E-state index in [1.165, 1.54) is 119 Å². The lowest BCUT2D eigenvalue weighted by Crippen LogP contribution is -2.18. The van der Waals surface area contributed by atoms with Crippen LogP contribution >= 0.6 is 0 Å². The molecule has 4 aromatic rings. The Morgan fingerprint density at radius 1 is 0.456 bits per heavy atom. The van der Waals surface area contributed by atoms with Gasteiger partial charge in [-0.1, -0.05) is 132 Å². The van der Waals surface area contributed by atoms with Crippen LogP contribution in [0.15, 0.2) is 97.1 Å². The summed E-state index contributed by atoms with van der Waals surface area (Å²) >= 11 is 0. The third kappa shape index (κ3) is 12.8. The van der Waals surface area contributed by atoms with Crippen LogP contribution in [0.5, 0.6) is 11.5 Å². The van der Waals surface area contributed by atoms with Crippen LogP contribution in [0.3, 0.4) is 0 Å². The molecule has 2 aliphatic rings. The Balaban J connectivity index is 1.27. The molecule has 6 rings (SSSR count). The van der Waals surface area contributed by atoms with Gasteiger partial charge in [0.1, 0.15) is 11.5 Å². The zero-order valence-electron chi connectivity index (χ0n) is 34.2. The van der Waals surface area contributed by atoms with Gasteiger partial charge in [0.15, 0.2) is 0 Å². The second-order valence-corrected chi connectivity index (χ2v) is 17.1. The van der Waals surface area contributed by atoms with Crippen LogP contribution < -0.4 is 9.47 Å². The molecule has 2 saturated carbocycles. The van der Waals surface area contributed by atoms with Crippen molar-refractivity contribution in [3.05, 3.63) is 130 Å². The summed E-state index contributed by atoms with van der Waals surface area (Å²) in [5.74, 6) is 3.18. The van der Waals surface area contributed by atoms with E-state index in [4.69, 9.17) is 4.74 Å². The van der Waals surface area contributed by atoms with Crippen LogP contribution in [0.1, 0.15) is 167 Å². The predicted octanol–water partition coefficient (Wildman–Crippen LogP) is 15.6. The molecule has 308 valence electrons. The van der Waals surface area contributed by atoms with E-state index in [1.807, 2.05) is 24.3 Å². The Bertz CT molecular complexity index is 1710. The predicted molar refractivity (Wildman–Crippen MR) is 225 cm³/mol. The first-order valence-corrected chi connectivity index (χ1v) is 22.0. The van der Waals surface area contributed by atoms with Gasteiger partial charge in [0.25, 0.3) is 0 Å². The molecule has 0 bridgehead atoms. The van der Waals surface area contributed by atoms with Gasteiger partial charge >= 0.3 is 13.2 Å². The van der Waals surface area contributed by atoms with Gasteiger partial charge in [0.2, 0.25) is 0 Å². The SMILES string of the molecule is CCCCCC1CCC(c2ccc(CC(c3ccc(OC(F)F)cc3)C(Cc3ccc(OC(F)F)cc3)c3ccc(C4CCC(CCCC)CC4)cc3)cc2)CC1. The van der Waals surface area contributed by atoms with Crippen molar-refractivity contribution < 1.29 is 27.0 Å². The lowest BCUT2D eigenvalue weighted by Gasteiger charge is -2.31. The number of halogens is 4. The van der Waals surface area contributed by atoms with E-state index in [9.17, 15) is 17.6 Å². The van der Waals surface area contributed by atoms with E-state index in [0.717, 1.165) is 29.4 Å². The first kappa shape index (κ1) is 42.8. The average Bonchev–Trinajstić information content (AvgIpc) is 3.23. The lowest BCUT2D eigenvalue weighted by molar-refractivity contribution is -0.0505. The fraction of sp³-hybridized carbons (Fsp3) is 0.529. The molecule has 0 N–H and O–H groups in total. The molecule has 2 aliphatic carbocycles. The molecule has 0 heterocycles. The molecular weight excluding hydrogens is 721 g/mol. The summed E-state index contributed by atoms with van der Waals surface area (Å²) in [4.78, 5) is 0. The van der Waals surface area contributed by atoms with E-state index >= 15 is 0 Å². The van der Waals surface area contributed by atoms with Crippen LogP contribution in [-0.4, -0.2) is 13.2 Å². The summed E-state index contributed by atoms with van der Waals surface area (Å²) in [6.45, 7) is -1.23. The van der Waals surface area contributed by atoms with Crippen molar-refractivity contribution in [2.75, 3.05) is 0 Å². The van der Waals surface area contributed by atoms with Gasteiger partial charge in [-0.15, -0.1) is 0 Å². The van der Waals surface area contributed by atoms with E-state index in [1.54, 1.807) is 24.3 Å². The van der Waals surface area contributed by atoms with E-state index in [0.29, 0.717) is 18.3 Å². The molecule has 0 amide bonds. The molecule has 2 nitrogen and oxygen atoms in total.